The molecular weight excluding hydrogens is 274 g/mol. The van der Waals surface area contributed by atoms with Crippen LogP contribution in [0.2, 0.25) is 0 Å². The molecule has 1 atom stereocenters. The molecule has 0 aromatic heterocycles. The maximum atomic E-state index is 12.7. The van der Waals surface area contributed by atoms with Crippen LogP contribution < -0.4 is 4.90 Å². The predicted molar refractivity (Wildman–Crippen MR) is 90.0 cm³/mol. The number of carbonyl (C=O) groups is 1. The Morgan fingerprint density at radius 1 is 1.14 bits per heavy atom. The van der Waals surface area contributed by atoms with E-state index in [1.54, 1.807) is 0 Å². The highest BCUT2D eigenvalue weighted by atomic mass is 16.2. The van der Waals surface area contributed by atoms with Crippen molar-refractivity contribution in [2.75, 3.05) is 44.2 Å². The highest BCUT2D eigenvalue weighted by Gasteiger charge is 2.37. The smallest absolute Gasteiger partial charge is 0.244 e. The van der Waals surface area contributed by atoms with Crippen LogP contribution in [-0.4, -0.2) is 61.0 Å². The number of para-hydroxylation sites is 1. The third kappa shape index (κ3) is 3.23. The molecular formula is C18H25N3O. The maximum Gasteiger partial charge on any atom is 0.244 e. The second-order valence-corrected chi connectivity index (χ2v) is 6.40. The number of amides is 1. The zero-order valence-corrected chi connectivity index (χ0v) is 13.4. The summed E-state index contributed by atoms with van der Waals surface area (Å²) in [6.07, 6.45) is 0.939. The van der Waals surface area contributed by atoms with Crippen molar-refractivity contribution in [2.45, 2.75) is 19.4 Å². The van der Waals surface area contributed by atoms with Gasteiger partial charge < -0.3 is 4.90 Å². The Bertz CT molecular complexity index is 535. The molecule has 2 fully saturated rings. The topological polar surface area (TPSA) is 26.8 Å². The largest absolute Gasteiger partial charge is 0.311 e. The van der Waals surface area contributed by atoms with Crippen LogP contribution in [0.25, 0.3) is 0 Å². The molecule has 0 N–H and O–H groups in total. The summed E-state index contributed by atoms with van der Waals surface area (Å²) < 4.78 is 0. The predicted octanol–water partition coefficient (Wildman–Crippen LogP) is 1.99. The van der Waals surface area contributed by atoms with Crippen LogP contribution >= 0.6 is 0 Å². The van der Waals surface area contributed by atoms with Crippen molar-refractivity contribution < 1.29 is 4.79 Å². The van der Waals surface area contributed by atoms with Gasteiger partial charge in [0.25, 0.3) is 0 Å². The average Bonchev–Trinajstić information content (AvgIpc) is 2.90. The van der Waals surface area contributed by atoms with Crippen molar-refractivity contribution in [1.29, 1.82) is 0 Å². The summed E-state index contributed by atoms with van der Waals surface area (Å²) in [5.41, 5.74) is 2.23. The third-order valence-corrected chi connectivity index (χ3v) is 4.59. The van der Waals surface area contributed by atoms with Gasteiger partial charge in [-0.05, 0) is 25.5 Å². The van der Waals surface area contributed by atoms with Crippen LogP contribution in [-0.2, 0) is 4.79 Å². The van der Waals surface area contributed by atoms with Crippen LogP contribution in [0.15, 0.2) is 42.5 Å². The zero-order chi connectivity index (χ0) is 15.5. The number of carbonyl (C=O) groups excluding carboxylic acids is 1. The first-order chi connectivity index (χ1) is 10.6. The SMILES string of the molecule is C=C(C)CN1CCN([C@H]2CCN(c3ccccc3)C2=O)CC1. The number of hydrogen-bond donors (Lipinski definition) is 0. The van der Waals surface area contributed by atoms with Gasteiger partial charge in [-0.3, -0.25) is 14.6 Å². The van der Waals surface area contributed by atoms with Crippen LogP contribution in [0.1, 0.15) is 13.3 Å². The Hall–Kier alpha value is -1.65. The van der Waals surface area contributed by atoms with Gasteiger partial charge in [0.2, 0.25) is 5.91 Å². The second kappa shape index (κ2) is 6.63. The molecule has 1 aromatic rings. The van der Waals surface area contributed by atoms with Crippen LogP contribution in [0.5, 0.6) is 0 Å². The Morgan fingerprint density at radius 3 is 2.45 bits per heavy atom. The molecule has 2 aliphatic rings. The fraction of sp³-hybridized carbons (Fsp3) is 0.500. The first-order valence-corrected chi connectivity index (χ1v) is 8.12. The second-order valence-electron chi connectivity index (χ2n) is 6.40. The molecule has 0 radical (unpaired) electrons. The Balaban J connectivity index is 1.59. The average molecular weight is 299 g/mol. The third-order valence-electron chi connectivity index (χ3n) is 4.59. The molecule has 0 spiro atoms. The number of benzene rings is 1. The minimum Gasteiger partial charge on any atom is -0.311 e. The lowest BCUT2D eigenvalue weighted by atomic mass is 10.1. The molecule has 2 aliphatic heterocycles. The van der Waals surface area contributed by atoms with Gasteiger partial charge >= 0.3 is 0 Å². The number of nitrogens with zero attached hydrogens (tertiary/aromatic N) is 3. The molecule has 3 rings (SSSR count). The number of piperazine rings is 1. The van der Waals surface area contributed by atoms with Gasteiger partial charge in [0, 0.05) is 45.0 Å². The standard InChI is InChI=1S/C18H25N3O/c1-15(2)14-19-10-12-20(13-11-19)17-8-9-21(18(17)22)16-6-4-3-5-7-16/h3-7,17H,1,8-14H2,2H3/t17-/m0/s1. The maximum absolute atomic E-state index is 12.7. The number of anilines is 1. The van der Waals surface area contributed by atoms with Gasteiger partial charge in [0.05, 0.1) is 6.04 Å². The summed E-state index contributed by atoms with van der Waals surface area (Å²) in [7, 11) is 0. The van der Waals surface area contributed by atoms with Crippen molar-refractivity contribution >= 4 is 11.6 Å². The molecule has 0 unspecified atom stereocenters. The highest BCUT2D eigenvalue weighted by Crippen LogP contribution is 2.24. The van der Waals surface area contributed by atoms with E-state index >= 15 is 0 Å². The molecule has 22 heavy (non-hydrogen) atoms. The Morgan fingerprint density at radius 2 is 1.82 bits per heavy atom. The van der Waals surface area contributed by atoms with Crippen molar-refractivity contribution in [3.8, 4) is 0 Å². The monoisotopic (exact) mass is 299 g/mol. The molecule has 0 saturated carbocycles. The summed E-state index contributed by atoms with van der Waals surface area (Å²) in [4.78, 5) is 19.4. The van der Waals surface area contributed by atoms with E-state index in [0.29, 0.717) is 0 Å². The van der Waals surface area contributed by atoms with E-state index in [1.165, 1.54) is 5.57 Å². The van der Waals surface area contributed by atoms with Gasteiger partial charge in [-0.25, -0.2) is 0 Å². The Kier molecular flexibility index (Phi) is 4.60. The van der Waals surface area contributed by atoms with Gasteiger partial charge in [0.1, 0.15) is 0 Å². The van der Waals surface area contributed by atoms with Crippen molar-refractivity contribution in [3.63, 3.8) is 0 Å². The molecule has 2 saturated heterocycles. The van der Waals surface area contributed by atoms with Gasteiger partial charge in [-0.2, -0.15) is 0 Å². The Labute approximate surface area is 133 Å². The van der Waals surface area contributed by atoms with Crippen molar-refractivity contribution in [3.05, 3.63) is 42.5 Å². The first kappa shape index (κ1) is 15.3. The van der Waals surface area contributed by atoms with Gasteiger partial charge in [0.15, 0.2) is 0 Å². The van der Waals surface area contributed by atoms with Crippen LogP contribution in [0, 0.1) is 0 Å². The van der Waals surface area contributed by atoms with Crippen molar-refractivity contribution in [1.82, 2.24) is 9.80 Å². The molecule has 1 aromatic carbocycles. The van der Waals surface area contributed by atoms with Crippen LogP contribution in [0.3, 0.4) is 0 Å². The molecule has 118 valence electrons. The van der Waals surface area contributed by atoms with E-state index in [1.807, 2.05) is 35.2 Å². The summed E-state index contributed by atoms with van der Waals surface area (Å²) in [6.45, 7) is 11.9. The minimum absolute atomic E-state index is 0.0622. The molecule has 1 amide bonds. The first-order valence-electron chi connectivity index (χ1n) is 8.12. The van der Waals surface area contributed by atoms with Gasteiger partial charge in [-0.1, -0.05) is 30.4 Å². The van der Waals surface area contributed by atoms with Gasteiger partial charge in [-0.15, -0.1) is 0 Å². The quantitative estimate of drug-likeness (QED) is 0.796. The summed E-state index contributed by atoms with van der Waals surface area (Å²) in [5.74, 6) is 0.263. The summed E-state index contributed by atoms with van der Waals surface area (Å²) in [6, 6.07) is 10.1. The van der Waals surface area contributed by atoms with E-state index in [4.69, 9.17) is 0 Å². The van der Waals surface area contributed by atoms with E-state index < -0.39 is 0 Å². The lowest BCUT2D eigenvalue weighted by Crippen LogP contribution is -2.52. The highest BCUT2D eigenvalue weighted by molar-refractivity contribution is 5.99. The molecule has 0 bridgehead atoms. The fourth-order valence-corrected chi connectivity index (χ4v) is 3.48. The van der Waals surface area contributed by atoms with Crippen molar-refractivity contribution in [2.24, 2.45) is 0 Å². The lowest BCUT2D eigenvalue weighted by molar-refractivity contribution is -0.122. The molecule has 4 heteroatoms. The molecule has 4 nitrogen and oxygen atoms in total. The van der Waals surface area contributed by atoms with E-state index in [-0.39, 0.29) is 11.9 Å². The molecule has 2 heterocycles. The molecule has 0 aliphatic carbocycles. The van der Waals surface area contributed by atoms with E-state index in [2.05, 4.69) is 23.3 Å². The zero-order valence-electron chi connectivity index (χ0n) is 13.4. The number of hydrogen-bond acceptors (Lipinski definition) is 3. The van der Waals surface area contributed by atoms with Crippen LogP contribution in [0.4, 0.5) is 5.69 Å². The van der Waals surface area contributed by atoms with E-state index in [9.17, 15) is 4.79 Å². The van der Waals surface area contributed by atoms with E-state index in [0.717, 1.165) is 51.4 Å². The number of rotatable bonds is 4. The summed E-state index contributed by atoms with van der Waals surface area (Å²) >= 11 is 0. The lowest BCUT2D eigenvalue weighted by Gasteiger charge is -2.37. The minimum atomic E-state index is 0.0622. The summed E-state index contributed by atoms with van der Waals surface area (Å²) in [5, 5.41) is 0. The normalized spacial score (nSPS) is 24.0. The fourth-order valence-electron chi connectivity index (χ4n) is 3.48.